The van der Waals surface area contributed by atoms with Crippen molar-refractivity contribution < 1.29 is 24.5 Å². The Morgan fingerprint density at radius 1 is 1.05 bits per heavy atom. The zero-order valence-electron chi connectivity index (χ0n) is 11.1. The Hall–Kier alpha value is -1.47. The topological polar surface area (TPSA) is 83.1 Å². The molecule has 1 aromatic carbocycles. The van der Waals surface area contributed by atoms with Gasteiger partial charge in [-0.2, -0.15) is 0 Å². The molecule has 2 aromatic rings. The van der Waals surface area contributed by atoms with E-state index < -0.39 is 23.7 Å². The van der Waals surface area contributed by atoms with E-state index in [-0.39, 0.29) is 0 Å². The summed E-state index contributed by atoms with van der Waals surface area (Å²) in [4.78, 5) is 0. The molecule has 1 saturated heterocycles. The van der Waals surface area contributed by atoms with Gasteiger partial charge in [-0.15, -0.1) is 11.8 Å². The second-order valence-electron chi connectivity index (χ2n) is 4.87. The summed E-state index contributed by atoms with van der Waals surface area (Å²) in [6.07, 6.45) is -1.62. The molecule has 0 amide bonds. The van der Waals surface area contributed by atoms with Crippen molar-refractivity contribution in [1.82, 2.24) is 0 Å². The van der Waals surface area contributed by atoms with Gasteiger partial charge in [0.2, 0.25) is 0 Å². The number of hydrogen-bond acceptors (Lipinski definition) is 6. The zero-order valence-corrected chi connectivity index (χ0v) is 11.9. The van der Waals surface area contributed by atoms with Crippen LogP contribution < -0.4 is 4.74 Å². The molecule has 0 spiro atoms. The monoisotopic (exact) mass is 308 g/mol. The number of aliphatic hydroxyl groups excluding tert-OH is 3. The Kier molecular flexibility index (Phi) is 4.21. The van der Waals surface area contributed by atoms with Gasteiger partial charge in [-0.3, -0.25) is 0 Å². The molecule has 1 aliphatic heterocycles. The first-order valence-corrected chi connectivity index (χ1v) is 7.66. The Labute approximate surface area is 126 Å². The molecule has 0 radical (unpaired) electrons. The maximum Gasteiger partial charge on any atom is 0.173 e. The van der Waals surface area contributed by atoms with Crippen molar-refractivity contribution in [3.8, 4) is 17.1 Å². The third-order valence-electron chi connectivity index (χ3n) is 3.37. The summed E-state index contributed by atoms with van der Waals surface area (Å²) >= 11 is 1.28. The highest BCUT2D eigenvalue weighted by Gasteiger charge is 2.38. The average Bonchev–Trinajstić information content (AvgIpc) is 3.03. The molecule has 21 heavy (non-hydrogen) atoms. The molecule has 0 aliphatic carbocycles. The first kappa shape index (κ1) is 14.5. The maximum atomic E-state index is 9.90. The van der Waals surface area contributed by atoms with E-state index in [2.05, 4.69) is 0 Å². The van der Waals surface area contributed by atoms with Crippen molar-refractivity contribution in [2.24, 2.45) is 0 Å². The fourth-order valence-corrected chi connectivity index (χ4v) is 3.28. The third kappa shape index (κ3) is 3.08. The maximum absolute atomic E-state index is 9.90. The fraction of sp³-hybridized carbons (Fsp3) is 0.333. The van der Waals surface area contributed by atoms with Crippen LogP contribution in [0.4, 0.5) is 0 Å². The number of thioether (sulfide) groups is 1. The molecule has 1 aliphatic rings. The minimum Gasteiger partial charge on any atom is -0.477 e. The average molecular weight is 308 g/mol. The van der Waals surface area contributed by atoms with E-state index in [4.69, 9.17) is 9.15 Å². The number of benzene rings is 1. The summed E-state index contributed by atoms with van der Waals surface area (Å²) < 4.78 is 11.0. The molecule has 0 saturated carbocycles. The molecule has 4 atom stereocenters. The van der Waals surface area contributed by atoms with Gasteiger partial charge in [0.25, 0.3) is 0 Å². The van der Waals surface area contributed by atoms with Crippen molar-refractivity contribution in [1.29, 1.82) is 0 Å². The summed E-state index contributed by atoms with van der Waals surface area (Å²) in [5.74, 6) is 1.69. The first-order valence-electron chi connectivity index (χ1n) is 6.61. The third-order valence-corrected chi connectivity index (χ3v) is 4.60. The Balaban J connectivity index is 1.68. The zero-order chi connectivity index (χ0) is 14.8. The van der Waals surface area contributed by atoms with E-state index in [1.807, 2.05) is 24.3 Å². The lowest BCUT2D eigenvalue weighted by Gasteiger charge is -2.34. The van der Waals surface area contributed by atoms with Crippen LogP contribution in [0.15, 0.2) is 47.1 Å². The van der Waals surface area contributed by atoms with E-state index in [1.54, 1.807) is 18.4 Å². The van der Waals surface area contributed by atoms with Crippen LogP contribution in [0.2, 0.25) is 0 Å². The van der Waals surface area contributed by atoms with Gasteiger partial charge in [0.1, 0.15) is 23.7 Å². The number of ether oxygens (including phenoxy) is 1. The SMILES string of the molecule is O[C@@H]1[C@@H](O)[C@@H](Oc2ccc(-c3ccco3)cc2)SC[C@H]1O. The van der Waals surface area contributed by atoms with Gasteiger partial charge in [-0.25, -0.2) is 0 Å². The molecule has 6 heteroatoms. The second kappa shape index (κ2) is 6.11. The Morgan fingerprint density at radius 3 is 2.48 bits per heavy atom. The summed E-state index contributed by atoms with van der Waals surface area (Å²) in [6.45, 7) is 0. The number of furan rings is 1. The van der Waals surface area contributed by atoms with Gasteiger partial charge >= 0.3 is 0 Å². The molecule has 2 heterocycles. The van der Waals surface area contributed by atoms with Crippen molar-refractivity contribution >= 4 is 11.8 Å². The molecule has 3 N–H and O–H groups in total. The van der Waals surface area contributed by atoms with Crippen LogP contribution in [0, 0.1) is 0 Å². The van der Waals surface area contributed by atoms with Crippen LogP contribution >= 0.6 is 11.8 Å². The molecular weight excluding hydrogens is 292 g/mol. The molecule has 1 aromatic heterocycles. The van der Waals surface area contributed by atoms with E-state index in [1.165, 1.54) is 11.8 Å². The van der Waals surface area contributed by atoms with E-state index in [0.29, 0.717) is 11.5 Å². The fourth-order valence-electron chi connectivity index (χ4n) is 2.16. The van der Waals surface area contributed by atoms with E-state index in [9.17, 15) is 15.3 Å². The highest BCUT2D eigenvalue weighted by Crippen LogP contribution is 2.30. The highest BCUT2D eigenvalue weighted by molar-refractivity contribution is 7.99. The number of hydrogen-bond donors (Lipinski definition) is 3. The Bertz CT molecular complexity index is 568. The normalized spacial score (nSPS) is 29.3. The van der Waals surface area contributed by atoms with Crippen molar-refractivity contribution in [2.45, 2.75) is 23.7 Å². The van der Waals surface area contributed by atoms with Crippen LogP contribution in [0.3, 0.4) is 0 Å². The molecule has 0 unspecified atom stereocenters. The van der Waals surface area contributed by atoms with Crippen LogP contribution in [0.5, 0.6) is 5.75 Å². The lowest BCUT2D eigenvalue weighted by Crippen LogP contribution is -2.50. The van der Waals surface area contributed by atoms with Gasteiger partial charge < -0.3 is 24.5 Å². The van der Waals surface area contributed by atoms with Crippen LogP contribution in [-0.4, -0.2) is 44.8 Å². The molecular formula is C15H16O5S. The van der Waals surface area contributed by atoms with Gasteiger partial charge in [0.15, 0.2) is 5.44 Å². The van der Waals surface area contributed by atoms with Gasteiger partial charge in [0, 0.05) is 11.3 Å². The Morgan fingerprint density at radius 2 is 1.81 bits per heavy atom. The summed E-state index contributed by atoms with van der Waals surface area (Å²) in [5.41, 5.74) is 0.331. The molecule has 0 bridgehead atoms. The summed E-state index contributed by atoms with van der Waals surface area (Å²) in [7, 11) is 0. The largest absolute Gasteiger partial charge is 0.477 e. The van der Waals surface area contributed by atoms with Crippen LogP contribution in [0.1, 0.15) is 0 Å². The predicted octanol–water partition coefficient (Wildman–Crippen LogP) is 1.48. The minimum atomic E-state index is -1.18. The van der Waals surface area contributed by atoms with Gasteiger partial charge in [0.05, 0.1) is 12.4 Å². The van der Waals surface area contributed by atoms with Crippen molar-refractivity contribution in [3.05, 3.63) is 42.7 Å². The second-order valence-corrected chi connectivity index (χ2v) is 6.00. The highest BCUT2D eigenvalue weighted by atomic mass is 32.2. The lowest BCUT2D eigenvalue weighted by molar-refractivity contribution is -0.0786. The molecule has 1 fully saturated rings. The summed E-state index contributed by atoms with van der Waals surface area (Å²) in [5, 5.41) is 29.0. The first-order chi connectivity index (χ1) is 10.1. The standard InChI is InChI=1S/C15H16O5S/c16-11-8-21-15(14(18)13(11)17)20-10-5-3-9(4-6-10)12-2-1-7-19-12/h1-7,11,13-18H,8H2/t11-,13+,14-,15+/m1/s1. The van der Waals surface area contributed by atoms with E-state index in [0.717, 1.165) is 11.3 Å². The lowest BCUT2D eigenvalue weighted by atomic mass is 10.1. The smallest absolute Gasteiger partial charge is 0.173 e. The predicted molar refractivity (Wildman–Crippen MR) is 79.0 cm³/mol. The van der Waals surface area contributed by atoms with Gasteiger partial charge in [-0.05, 0) is 36.4 Å². The van der Waals surface area contributed by atoms with E-state index >= 15 is 0 Å². The molecule has 5 nitrogen and oxygen atoms in total. The number of aliphatic hydroxyl groups is 3. The minimum absolute atomic E-state index is 0.327. The van der Waals surface area contributed by atoms with Crippen molar-refractivity contribution in [3.63, 3.8) is 0 Å². The van der Waals surface area contributed by atoms with Crippen LogP contribution in [0.25, 0.3) is 11.3 Å². The van der Waals surface area contributed by atoms with Crippen molar-refractivity contribution in [2.75, 3.05) is 5.75 Å². The quantitative estimate of drug-likeness (QED) is 0.797. The molecule has 3 rings (SSSR count). The summed E-state index contributed by atoms with van der Waals surface area (Å²) in [6, 6.07) is 11.0. The van der Waals surface area contributed by atoms with Crippen LogP contribution in [-0.2, 0) is 0 Å². The van der Waals surface area contributed by atoms with Gasteiger partial charge in [-0.1, -0.05) is 0 Å². The number of rotatable bonds is 3. The molecule has 112 valence electrons.